The van der Waals surface area contributed by atoms with Crippen LogP contribution in [0.1, 0.15) is 5.56 Å². The summed E-state index contributed by atoms with van der Waals surface area (Å²) in [6.07, 6.45) is 0. The number of nitro groups is 1. The Labute approximate surface area is 176 Å². The summed E-state index contributed by atoms with van der Waals surface area (Å²) in [6.45, 7) is 0. The third kappa shape index (κ3) is 4.16. The average molecular weight is 423 g/mol. The zero-order valence-electron chi connectivity index (χ0n) is 15.1. The van der Waals surface area contributed by atoms with Crippen LogP contribution in [0.2, 0.25) is 5.02 Å². The summed E-state index contributed by atoms with van der Waals surface area (Å²) in [6, 6.07) is 23.7. The number of nitrogens with zero attached hydrogens (tertiary/aromatic N) is 4. The molecule has 0 aliphatic rings. The lowest BCUT2D eigenvalue weighted by Crippen LogP contribution is -2.00. The number of benzene rings is 3. The Morgan fingerprint density at radius 1 is 0.966 bits per heavy atom. The van der Waals surface area contributed by atoms with Crippen molar-refractivity contribution in [2.45, 2.75) is 10.9 Å². The van der Waals surface area contributed by atoms with Gasteiger partial charge in [-0.25, -0.2) is 0 Å². The maximum atomic E-state index is 11.2. The molecule has 0 atom stereocenters. The summed E-state index contributed by atoms with van der Waals surface area (Å²) in [5.41, 5.74) is 2.51. The quantitative estimate of drug-likeness (QED) is 0.223. The highest BCUT2D eigenvalue weighted by Gasteiger charge is 2.18. The van der Waals surface area contributed by atoms with Crippen molar-refractivity contribution in [1.29, 1.82) is 0 Å². The van der Waals surface area contributed by atoms with E-state index in [1.54, 1.807) is 12.1 Å². The van der Waals surface area contributed by atoms with Gasteiger partial charge in [0.05, 0.1) is 4.92 Å². The van der Waals surface area contributed by atoms with Crippen molar-refractivity contribution in [3.05, 3.63) is 99.6 Å². The Morgan fingerprint density at radius 3 is 2.48 bits per heavy atom. The van der Waals surface area contributed by atoms with E-state index < -0.39 is 4.92 Å². The molecule has 0 N–H and O–H groups in total. The lowest BCUT2D eigenvalue weighted by atomic mass is 10.2. The molecule has 0 spiro atoms. The van der Waals surface area contributed by atoms with Crippen LogP contribution in [0.25, 0.3) is 17.1 Å². The Hall–Kier alpha value is -3.16. The van der Waals surface area contributed by atoms with Gasteiger partial charge in [-0.15, -0.1) is 10.2 Å². The second kappa shape index (κ2) is 8.46. The normalized spacial score (nSPS) is 10.8. The highest BCUT2D eigenvalue weighted by Crippen LogP contribution is 2.32. The molecule has 0 saturated heterocycles. The first-order chi connectivity index (χ1) is 14.1. The molecule has 0 aliphatic carbocycles. The minimum absolute atomic E-state index is 0.00961. The van der Waals surface area contributed by atoms with Crippen molar-refractivity contribution in [3.63, 3.8) is 0 Å². The van der Waals surface area contributed by atoms with E-state index in [4.69, 9.17) is 11.6 Å². The van der Waals surface area contributed by atoms with Gasteiger partial charge in [-0.05, 0) is 23.8 Å². The molecule has 0 bridgehead atoms. The largest absolute Gasteiger partial charge is 0.270 e. The SMILES string of the molecule is O=[N+]([O-])c1cccc(-c2nnc(SCc3ccccc3Cl)n2-c2ccccc2)c1. The molecule has 1 aromatic heterocycles. The van der Waals surface area contributed by atoms with Gasteiger partial charge in [0, 0.05) is 34.2 Å². The van der Waals surface area contributed by atoms with E-state index in [1.807, 2.05) is 59.2 Å². The van der Waals surface area contributed by atoms with Gasteiger partial charge in [0.1, 0.15) is 0 Å². The monoisotopic (exact) mass is 422 g/mol. The van der Waals surface area contributed by atoms with Crippen LogP contribution in [-0.2, 0) is 5.75 Å². The number of rotatable bonds is 6. The van der Waals surface area contributed by atoms with Gasteiger partial charge in [0.2, 0.25) is 0 Å². The fourth-order valence-corrected chi connectivity index (χ4v) is 4.11. The Morgan fingerprint density at radius 2 is 1.72 bits per heavy atom. The van der Waals surface area contributed by atoms with Crippen LogP contribution < -0.4 is 0 Å². The Kier molecular flexibility index (Phi) is 5.59. The zero-order chi connectivity index (χ0) is 20.2. The number of nitro benzene ring substituents is 1. The molecule has 144 valence electrons. The Balaban J connectivity index is 1.76. The highest BCUT2D eigenvalue weighted by atomic mass is 35.5. The number of non-ortho nitro benzene ring substituents is 1. The summed E-state index contributed by atoms with van der Waals surface area (Å²) in [5.74, 6) is 1.17. The van der Waals surface area contributed by atoms with Crippen LogP contribution in [0.3, 0.4) is 0 Å². The second-order valence-electron chi connectivity index (χ2n) is 6.16. The van der Waals surface area contributed by atoms with E-state index in [0.717, 1.165) is 11.3 Å². The Bertz CT molecular complexity index is 1160. The molecule has 0 saturated carbocycles. The van der Waals surface area contributed by atoms with E-state index >= 15 is 0 Å². The maximum Gasteiger partial charge on any atom is 0.270 e. The third-order valence-electron chi connectivity index (χ3n) is 4.28. The van der Waals surface area contributed by atoms with Crippen molar-refractivity contribution >= 4 is 29.1 Å². The van der Waals surface area contributed by atoms with E-state index in [1.165, 1.54) is 23.9 Å². The fraction of sp³-hybridized carbons (Fsp3) is 0.0476. The summed E-state index contributed by atoms with van der Waals surface area (Å²) < 4.78 is 1.90. The van der Waals surface area contributed by atoms with Crippen LogP contribution in [0, 0.1) is 10.1 Å². The molecule has 1 heterocycles. The van der Waals surface area contributed by atoms with Gasteiger partial charge in [0.15, 0.2) is 11.0 Å². The first kappa shape index (κ1) is 19.2. The van der Waals surface area contributed by atoms with E-state index in [-0.39, 0.29) is 5.69 Å². The first-order valence-corrected chi connectivity index (χ1v) is 10.1. The molecule has 4 rings (SSSR count). The minimum Gasteiger partial charge on any atom is -0.270 e. The van der Waals surface area contributed by atoms with Crippen LogP contribution >= 0.6 is 23.4 Å². The average Bonchev–Trinajstić information content (AvgIpc) is 3.18. The van der Waals surface area contributed by atoms with Crippen LogP contribution in [0.15, 0.2) is 84.0 Å². The molecule has 4 aromatic rings. The van der Waals surface area contributed by atoms with Gasteiger partial charge in [0.25, 0.3) is 5.69 Å². The minimum atomic E-state index is -0.417. The topological polar surface area (TPSA) is 73.8 Å². The zero-order valence-corrected chi connectivity index (χ0v) is 16.7. The molecule has 0 unspecified atom stereocenters. The predicted molar refractivity (Wildman–Crippen MR) is 114 cm³/mol. The fourth-order valence-electron chi connectivity index (χ4n) is 2.88. The number of hydrogen-bond donors (Lipinski definition) is 0. The smallest absolute Gasteiger partial charge is 0.270 e. The summed E-state index contributed by atoms with van der Waals surface area (Å²) in [4.78, 5) is 10.8. The molecular formula is C21H15ClN4O2S. The number of thioether (sulfide) groups is 1. The summed E-state index contributed by atoms with van der Waals surface area (Å²) in [7, 11) is 0. The van der Waals surface area contributed by atoms with Crippen molar-refractivity contribution in [3.8, 4) is 17.1 Å². The van der Waals surface area contributed by atoms with Gasteiger partial charge in [-0.2, -0.15) is 0 Å². The summed E-state index contributed by atoms with van der Waals surface area (Å²) >= 11 is 7.78. The van der Waals surface area contributed by atoms with Crippen molar-refractivity contribution in [2.75, 3.05) is 0 Å². The van der Waals surface area contributed by atoms with E-state index in [0.29, 0.717) is 27.3 Å². The lowest BCUT2D eigenvalue weighted by Gasteiger charge is -2.10. The van der Waals surface area contributed by atoms with Crippen molar-refractivity contribution in [1.82, 2.24) is 14.8 Å². The first-order valence-electron chi connectivity index (χ1n) is 8.75. The standard InChI is InChI=1S/C21H15ClN4O2S/c22-19-12-5-4-7-16(19)14-29-21-24-23-20(25(21)17-9-2-1-3-10-17)15-8-6-11-18(13-15)26(27)28/h1-13H,14H2. The van der Waals surface area contributed by atoms with Crippen molar-refractivity contribution < 1.29 is 4.92 Å². The van der Waals surface area contributed by atoms with Gasteiger partial charge in [-0.3, -0.25) is 14.7 Å². The molecule has 3 aromatic carbocycles. The number of halogens is 1. The summed E-state index contributed by atoms with van der Waals surface area (Å²) in [5, 5.41) is 21.2. The predicted octanol–water partition coefficient (Wildman–Crippen LogP) is 5.79. The van der Waals surface area contributed by atoms with E-state index in [9.17, 15) is 10.1 Å². The molecular weight excluding hydrogens is 408 g/mol. The van der Waals surface area contributed by atoms with Crippen molar-refractivity contribution in [2.24, 2.45) is 0 Å². The number of hydrogen-bond acceptors (Lipinski definition) is 5. The molecule has 8 heteroatoms. The molecule has 0 aliphatic heterocycles. The molecule has 0 fully saturated rings. The number of aromatic nitrogens is 3. The molecule has 0 amide bonds. The van der Waals surface area contributed by atoms with E-state index in [2.05, 4.69) is 10.2 Å². The van der Waals surface area contributed by atoms with Crippen LogP contribution in [-0.4, -0.2) is 19.7 Å². The molecule has 0 radical (unpaired) electrons. The maximum absolute atomic E-state index is 11.2. The second-order valence-corrected chi connectivity index (χ2v) is 7.51. The lowest BCUT2D eigenvalue weighted by molar-refractivity contribution is -0.384. The van der Waals surface area contributed by atoms with Gasteiger partial charge in [-0.1, -0.05) is 71.9 Å². The van der Waals surface area contributed by atoms with Gasteiger partial charge >= 0.3 is 0 Å². The van der Waals surface area contributed by atoms with Crippen LogP contribution in [0.4, 0.5) is 5.69 Å². The number of para-hydroxylation sites is 1. The highest BCUT2D eigenvalue weighted by molar-refractivity contribution is 7.98. The molecule has 29 heavy (non-hydrogen) atoms. The van der Waals surface area contributed by atoms with Crippen LogP contribution in [0.5, 0.6) is 0 Å². The molecule has 6 nitrogen and oxygen atoms in total. The third-order valence-corrected chi connectivity index (χ3v) is 5.62. The van der Waals surface area contributed by atoms with Gasteiger partial charge < -0.3 is 0 Å².